The van der Waals surface area contributed by atoms with E-state index < -0.39 is 32.5 Å². The van der Waals surface area contributed by atoms with Gasteiger partial charge in [-0.1, -0.05) is 236 Å². The third-order valence-electron chi connectivity index (χ3n) is 11.5. The average molecular weight is 922 g/mol. The first-order valence-corrected chi connectivity index (χ1v) is 28.1. The van der Waals surface area contributed by atoms with Crippen molar-refractivity contribution in [2.75, 3.05) is 26.4 Å². The molecule has 0 fully saturated rings. The zero-order valence-electron chi connectivity index (χ0n) is 41.5. The Morgan fingerprint density at radius 2 is 0.828 bits per heavy atom. The molecule has 0 aromatic rings. The lowest BCUT2D eigenvalue weighted by atomic mass is 10.0. The summed E-state index contributed by atoms with van der Waals surface area (Å²) in [6.07, 6.45) is 60.2. The Labute approximate surface area is 394 Å². The molecule has 374 valence electrons. The standard InChI is InChI=1S/C54H100NO8P/c1-3-5-7-9-11-13-15-17-19-21-23-25-27-28-30-32-34-36-38-40-42-44-46-53(56)60-50-52(51-62-64(58,59)61-49-48-55)63-54(57)47-45-43-41-39-37-35-33-31-29-26-24-22-20-18-16-14-12-10-8-6-4-2/h20,22,26,29,33,35,39,41,52H,3-19,21,23-25,27-28,30-32,34,36-38,40,42-51,55H2,1-2H3,(H,58,59)/b22-20+,29-26+,35-33+,41-39+/t52-/m1/s1. The van der Waals surface area contributed by atoms with Gasteiger partial charge in [0.15, 0.2) is 6.10 Å². The van der Waals surface area contributed by atoms with Crippen LogP contribution in [0.15, 0.2) is 48.6 Å². The highest BCUT2D eigenvalue weighted by Crippen LogP contribution is 2.43. The van der Waals surface area contributed by atoms with Crippen LogP contribution in [-0.2, 0) is 32.7 Å². The molecule has 0 aliphatic rings. The van der Waals surface area contributed by atoms with Crippen molar-refractivity contribution in [2.45, 2.75) is 258 Å². The van der Waals surface area contributed by atoms with E-state index in [1.165, 1.54) is 173 Å². The number of hydrogen-bond donors (Lipinski definition) is 2. The third-order valence-corrected chi connectivity index (χ3v) is 12.5. The molecule has 0 saturated heterocycles. The number of allylic oxidation sites excluding steroid dienone is 8. The maximum atomic E-state index is 12.6. The van der Waals surface area contributed by atoms with Crippen LogP contribution >= 0.6 is 7.82 Å². The molecule has 1 unspecified atom stereocenters. The minimum Gasteiger partial charge on any atom is -0.462 e. The van der Waals surface area contributed by atoms with Crippen LogP contribution in [0.3, 0.4) is 0 Å². The van der Waals surface area contributed by atoms with Gasteiger partial charge in [0.05, 0.1) is 13.2 Å². The lowest BCUT2D eigenvalue weighted by Crippen LogP contribution is -2.29. The Morgan fingerprint density at radius 3 is 1.25 bits per heavy atom. The monoisotopic (exact) mass is 922 g/mol. The van der Waals surface area contributed by atoms with Gasteiger partial charge in [-0.05, 0) is 51.4 Å². The predicted octanol–water partition coefficient (Wildman–Crippen LogP) is 16.2. The van der Waals surface area contributed by atoms with Crippen molar-refractivity contribution < 1.29 is 37.6 Å². The van der Waals surface area contributed by atoms with Crippen LogP contribution in [-0.4, -0.2) is 49.3 Å². The van der Waals surface area contributed by atoms with Crippen molar-refractivity contribution in [3.63, 3.8) is 0 Å². The van der Waals surface area contributed by atoms with Crippen LogP contribution in [0.25, 0.3) is 0 Å². The molecule has 0 spiro atoms. The second-order valence-electron chi connectivity index (χ2n) is 17.8. The van der Waals surface area contributed by atoms with Gasteiger partial charge in [0.25, 0.3) is 0 Å². The zero-order chi connectivity index (χ0) is 46.7. The first-order valence-electron chi connectivity index (χ1n) is 26.6. The fourth-order valence-corrected chi connectivity index (χ4v) is 8.28. The molecule has 0 heterocycles. The van der Waals surface area contributed by atoms with E-state index in [9.17, 15) is 19.0 Å². The highest BCUT2D eigenvalue weighted by Gasteiger charge is 2.26. The van der Waals surface area contributed by atoms with E-state index in [1.807, 2.05) is 6.08 Å². The van der Waals surface area contributed by atoms with E-state index in [-0.39, 0.29) is 32.6 Å². The Bertz CT molecular complexity index is 1190. The number of rotatable bonds is 50. The second-order valence-corrected chi connectivity index (χ2v) is 19.2. The van der Waals surface area contributed by atoms with Crippen LogP contribution in [0, 0.1) is 0 Å². The summed E-state index contributed by atoms with van der Waals surface area (Å²) >= 11 is 0. The Kier molecular flexibility index (Phi) is 48.8. The smallest absolute Gasteiger partial charge is 0.462 e. The molecular formula is C54H100NO8P. The van der Waals surface area contributed by atoms with Crippen molar-refractivity contribution in [3.05, 3.63) is 48.6 Å². The molecule has 0 aliphatic heterocycles. The van der Waals surface area contributed by atoms with Crippen LogP contribution < -0.4 is 5.73 Å². The first kappa shape index (κ1) is 62.0. The summed E-state index contributed by atoms with van der Waals surface area (Å²) in [5, 5.41) is 0. The van der Waals surface area contributed by atoms with Crippen LogP contribution in [0.5, 0.6) is 0 Å². The van der Waals surface area contributed by atoms with Gasteiger partial charge in [-0.15, -0.1) is 0 Å². The van der Waals surface area contributed by atoms with Crippen molar-refractivity contribution in [2.24, 2.45) is 5.73 Å². The maximum Gasteiger partial charge on any atom is 0.472 e. The molecule has 0 aliphatic carbocycles. The van der Waals surface area contributed by atoms with Crippen molar-refractivity contribution in [1.29, 1.82) is 0 Å². The average Bonchev–Trinajstić information content (AvgIpc) is 3.28. The van der Waals surface area contributed by atoms with E-state index in [1.54, 1.807) is 0 Å². The summed E-state index contributed by atoms with van der Waals surface area (Å²) in [4.78, 5) is 35.0. The number of ether oxygens (including phenoxy) is 2. The van der Waals surface area contributed by atoms with E-state index in [0.717, 1.165) is 38.5 Å². The number of phosphoric acid groups is 1. The minimum absolute atomic E-state index is 0.0447. The van der Waals surface area contributed by atoms with Gasteiger partial charge in [0, 0.05) is 19.4 Å². The molecule has 0 bridgehead atoms. The number of esters is 2. The highest BCUT2D eigenvalue weighted by atomic mass is 31.2. The summed E-state index contributed by atoms with van der Waals surface area (Å²) in [7, 11) is -4.40. The number of carbonyl (C=O) groups is 2. The van der Waals surface area contributed by atoms with Crippen molar-refractivity contribution in [1.82, 2.24) is 0 Å². The molecule has 0 amide bonds. The largest absolute Gasteiger partial charge is 0.472 e. The predicted molar refractivity (Wildman–Crippen MR) is 270 cm³/mol. The molecule has 0 aromatic carbocycles. The number of phosphoric ester groups is 1. The normalized spacial score (nSPS) is 13.5. The lowest BCUT2D eigenvalue weighted by molar-refractivity contribution is -0.161. The molecule has 0 aromatic heterocycles. The molecule has 3 N–H and O–H groups in total. The number of nitrogens with two attached hydrogens (primary N) is 1. The molecule has 0 rings (SSSR count). The van der Waals surface area contributed by atoms with Crippen molar-refractivity contribution in [3.8, 4) is 0 Å². The van der Waals surface area contributed by atoms with Gasteiger partial charge in [0.1, 0.15) is 6.61 Å². The van der Waals surface area contributed by atoms with Gasteiger partial charge < -0.3 is 20.1 Å². The van der Waals surface area contributed by atoms with Crippen LogP contribution in [0.2, 0.25) is 0 Å². The zero-order valence-corrected chi connectivity index (χ0v) is 42.4. The Morgan fingerprint density at radius 1 is 0.469 bits per heavy atom. The van der Waals surface area contributed by atoms with Crippen LogP contribution in [0.4, 0.5) is 0 Å². The van der Waals surface area contributed by atoms with Gasteiger partial charge in [0.2, 0.25) is 0 Å². The highest BCUT2D eigenvalue weighted by molar-refractivity contribution is 7.47. The first-order chi connectivity index (χ1) is 31.3. The lowest BCUT2D eigenvalue weighted by Gasteiger charge is -2.19. The SMILES string of the molecule is CCCCCCCCC/C=C/C/C=C/C/C=C/C/C=C/CCCC(=O)O[C@H](COC(=O)CCCCCCCCCCCCCCCCCCCCCCCC)COP(=O)(O)OCCN. The molecular weight excluding hydrogens is 822 g/mol. The summed E-state index contributed by atoms with van der Waals surface area (Å²) < 4.78 is 32.9. The quantitative estimate of drug-likeness (QED) is 0.0265. The Hall–Kier alpha value is -2.03. The van der Waals surface area contributed by atoms with Gasteiger partial charge >= 0.3 is 19.8 Å². The molecule has 0 radical (unpaired) electrons. The summed E-state index contributed by atoms with van der Waals surface area (Å²) in [6.45, 7) is 3.71. The summed E-state index contributed by atoms with van der Waals surface area (Å²) in [6, 6.07) is 0. The summed E-state index contributed by atoms with van der Waals surface area (Å²) in [5.41, 5.74) is 5.37. The molecule has 10 heteroatoms. The van der Waals surface area contributed by atoms with Gasteiger partial charge in [-0.25, -0.2) is 4.57 Å². The molecule has 0 saturated carbocycles. The summed E-state index contributed by atoms with van der Waals surface area (Å²) in [5.74, 6) is -0.884. The van der Waals surface area contributed by atoms with E-state index >= 15 is 0 Å². The second kappa shape index (κ2) is 50.4. The van der Waals surface area contributed by atoms with Gasteiger partial charge in [-0.2, -0.15) is 0 Å². The maximum absolute atomic E-state index is 12.6. The number of carbonyl (C=O) groups excluding carboxylic acids is 2. The fourth-order valence-electron chi connectivity index (χ4n) is 7.51. The number of unbranched alkanes of at least 4 members (excludes halogenated alkanes) is 29. The van der Waals surface area contributed by atoms with E-state index in [0.29, 0.717) is 12.8 Å². The Balaban J connectivity index is 4.09. The molecule has 9 nitrogen and oxygen atoms in total. The minimum atomic E-state index is -4.40. The van der Waals surface area contributed by atoms with Crippen LogP contribution in [0.1, 0.15) is 251 Å². The van der Waals surface area contributed by atoms with Crippen molar-refractivity contribution >= 4 is 19.8 Å². The topological polar surface area (TPSA) is 134 Å². The van der Waals surface area contributed by atoms with E-state index in [2.05, 4.69) is 56.4 Å². The fraction of sp³-hybridized carbons (Fsp3) is 0.815. The van der Waals surface area contributed by atoms with Gasteiger partial charge in [-0.3, -0.25) is 18.6 Å². The molecule has 2 atom stereocenters. The third kappa shape index (κ3) is 49.4. The van der Waals surface area contributed by atoms with E-state index in [4.69, 9.17) is 24.3 Å². The molecule has 64 heavy (non-hydrogen) atoms. The number of hydrogen-bond acceptors (Lipinski definition) is 8.